The third-order valence-corrected chi connectivity index (χ3v) is 5.29. The molecule has 162 valence electrons. The van der Waals surface area contributed by atoms with E-state index in [0.29, 0.717) is 11.5 Å². The zero-order valence-corrected chi connectivity index (χ0v) is 17.6. The first kappa shape index (κ1) is 22.1. The lowest BCUT2D eigenvalue weighted by Gasteiger charge is -2.19. The molecule has 0 aliphatic carbocycles. The van der Waals surface area contributed by atoms with Gasteiger partial charge >= 0.3 is 0 Å². The fourth-order valence-electron chi connectivity index (χ4n) is 3.53. The first-order valence-electron chi connectivity index (χ1n) is 10.5. The highest BCUT2D eigenvalue weighted by atomic mass is 19.1. The number of likely N-dealkylation sites (tertiary alicyclic amines) is 1. The number of nitrogens with one attached hydrogen (secondary N) is 2. The molecule has 2 aromatic rings. The number of aliphatic hydroxyl groups is 1. The number of carbonyl (C=O) groups is 1. The predicted molar refractivity (Wildman–Crippen MR) is 114 cm³/mol. The number of rotatable bonds is 9. The molecule has 0 spiro atoms. The molecule has 0 radical (unpaired) electrons. The zero-order chi connectivity index (χ0) is 21.5. The van der Waals surface area contributed by atoms with Crippen LogP contribution in [0.5, 0.6) is 0 Å². The molecule has 1 aromatic heterocycles. The van der Waals surface area contributed by atoms with Crippen LogP contribution in [-0.4, -0.2) is 64.7 Å². The maximum absolute atomic E-state index is 13.3. The van der Waals surface area contributed by atoms with Gasteiger partial charge in [-0.15, -0.1) is 0 Å². The molecule has 1 aliphatic rings. The third kappa shape index (κ3) is 5.96. The Morgan fingerprint density at radius 3 is 2.60 bits per heavy atom. The molecule has 2 heterocycles. The zero-order valence-electron chi connectivity index (χ0n) is 17.6. The number of nitrogens with zero attached hydrogens (tertiary/aromatic N) is 3. The summed E-state index contributed by atoms with van der Waals surface area (Å²) in [5, 5.41) is 15.4. The minimum absolute atomic E-state index is 0.138. The van der Waals surface area contributed by atoms with Crippen molar-refractivity contribution in [2.24, 2.45) is 0 Å². The van der Waals surface area contributed by atoms with Gasteiger partial charge in [-0.05, 0) is 50.6 Å². The van der Waals surface area contributed by atoms with E-state index in [1.807, 2.05) is 6.92 Å². The summed E-state index contributed by atoms with van der Waals surface area (Å²) in [7, 11) is 0. The number of carbonyl (C=O) groups excluding carboxylic acids is 1. The van der Waals surface area contributed by atoms with E-state index >= 15 is 0 Å². The summed E-state index contributed by atoms with van der Waals surface area (Å²) in [5.74, 6) is -0.248. The predicted octanol–water partition coefficient (Wildman–Crippen LogP) is 2.39. The van der Waals surface area contributed by atoms with Crippen LogP contribution in [0.4, 0.5) is 10.2 Å². The Morgan fingerprint density at radius 1 is 1.23 bits per heavy atom. The Labute approximate surface area is 176 Å². The fraction of sp³-hybridized carbons (Fsp3) is 0.500. The van der Waals surface area contributed by atoms with Gasteiger partial charge in [0.2, 0.25) is 0 Å². The van der Waals surface area contributed by atoms with E-state index in [1.165, 1.54) is 31.2 Å². The molecular formula is C22H30FN5O2. The maximum atomic E-state index is 13.3. The van der Waals surface area contributed by atoms with E-state index in [0.717, 1.165) is 31.7 Å². The quantitative estimate of drug-likeness (QED) is 0.583. The van der Waals surface area contributed by atoms with E-state index in [2.05, 4.69) is 25.5 Å². The average Bonchev–Trinajstić information content (AvgIpc) is 3.25. The van der Waals surface area contributed by atoms with Crippen molar-refractivity contribution >= 4 is 11.7 Å². The minimum Gasteiger partial charge on any atom is -0.392 e. The number of aliphatic hydroxyl groups excluding tert-OH is 1. The second-order valence-corrected chi connectivity index (χ2v) is 7.80. The molecule has 2 unspecified atom stereocenters. The van der Waals surface area contributed by atoms with Crippen LogP contribution in [0.25, 0.3) is 0 Å². The van der Waals surface area contributed by atoms with Gasteiger partial charge in [-0.3, -0.25) is 4.79 Å². The van der Waals surface area contributed by atoms with Gasteiger partial charge in [0.1, 0.15) is 17.3 Å². The number of hydrogen-bond donors (Lipinski definition) is 3. The molecule has 1 amide bonds. The monoisotopic (exact) mass is 415 g/mol. The van der Waals surface area contributed by atoms with Crippen molar-refractivity contribution in [3.63, 3.8) is 0 Å². The summed E-state index contributed by atoms with van der Waals surface area (Å²) in [6.07, 6.45) is 3.27. The van der Waals surface area contributed by atoms with Crippen molar-refractivity contribution in [3.8, 4) is 0 Å². The molecule has 30 heavy (non-hydrogen) atoms. The van der Waals surface area contributed by atoms with Gasteiger partial charge < -0.3 is 20.6 Å². The molecule has 1 aliphatic heterocycles. The summed E-state index contributed by atoms with van der Waals surface area (Å²) in [6, 6.07) is 6.27. The van der Waals surface area contributed by atoms with E-state index < -0.39 is 6.10 Å². The molecule has 0 bridgehead atoms. The Hall–Kier alpha value is -2.58. The highest BCUT2D eigenvalue weighted by Crippen LogP contribution is 2.27. The van der Waals surface area contributed by atoms with Crippen LogP contribution < -0.4 is 10.6 Å². The normalized spacial score (nSPS) is 16.3. The molecule has 2 atom stereocenters. The largest absolute Gasteiger partial charge is 0.392 e. The molecule has 8 heteroatoms. The lowest BCUT2D eigenvalue weighted by molar-refractivity contribution is 0.0918. The lowest BCUT2D eigenvalue weighted by Crippen LogP contribution is -2.31. The summed E-state index contributed by atoms with van der Waals surface area (Å²) in [5.41, 5.74) is 1.70. The van der Waals surface area contributed by atoms with Crippen LogP contribution >= 0.6 is 0 Å². The van der Waals surface area contributed by atoms with Crippen LogP contribution in [0.1, 0.15) is 54.4 Å². The topological polar surface area (TPSA) is 90.4 Å². The van der Waals surface area contributed by atoms with Gasteiger partial charge in [-0.25, -0.2) is 14.4 Å². The van der Waals surface area contributed by atoms with E-state index in [9.17, 15) is 14.3 Å². The SMILES string of the molecule is CC(O)CNC(=O)c1cnc(NCCN2CCCC2)c(C(C)c2ccc(F)cc2)n1. The Balaban J connectivity index is 1.80. The smallest absolute Gasteiger partial charge is 0.271 e. The van der Waals surface area contributed by atoms with Gasteiger partial charge in [0.15, 0.2) is 0 Å². The molecule has 3 rings (SSSR count). The van der Waals surface area contributed by atoms with Crippen molar-refractivity contribution in [3.05, 3.63) is 53.2 Å². The van der Waals surface area contributed by atoms with Gasteiger partial charge in [0.25, 0.3) is 5.91 Å². The average molecular weight is 416 g/mol. The number of anilines is 1. The van der Waals surface area contributed by atoms with Crippen molar-refractivity contribution in [1.82, 2.24) is 20.2 Å². The molecule has 7 nitrogen and oxygen atoms in total. The lowest BCUT2D eigenvalue weighted by atomic mass is 9.97. The molecular weight excluding hydrogens is 385 g/mol. The first-order valence-corrected chi connectivity index (χ1v) is 10.5. The van der Waals surface area contributed by atoms with Crippen molar-refractivity contribution in [1.29, 1.82) is 0 Å². The highest BCUT2D eigenvalue weighted by Gasteiger charge is 2.20. The second kappa shape index (κ2) is 10.4. The Kier molecular flexibility index (Phi) is 7.70. The number of halogens is 1. The van der Waals surface area contributed by atoms with Gasteiger partial charge in [-0.2, -0.15) is 0 Å². The Morgan fingerprint density at radius 2 is 1.93 bits per heavy atom. The number of amides is 1. The van der Waals surface area contributed by atoms with Crippen LogP contribution in [-0.2, 0) is 0 Å². The minimum atomic E-state index is -0.647. The molecule has 1 fully saturated rings. The first-order chi connectivity index (χ1) is 14.4. The summed E-state index contributed by atoms with van der Waals surface area (Å²) in [4.78, 5) is 23.8. The molecule has 1 saturated heterocycles. The maximum Gasteiger partial charge on any atom is 0.271 e. The summed E-state index contributed by atoms with van der Waals surface area (Å²) in [6.45, 7) is 7.58. The van der Waals surface area contributed by atoms with Crippen LogP contribution in [0.3, 0.4) is 0 Å². The van der Waals surface area contributed by atoms with Gasteiger partial charge in [-0.1, -0.05) is 19.1 Å². The van der Waals surface area contributed by atoms with Crippen LogP contribution in [0.2, 0.25) is 0 Å². The fourth-order valence-corrected chi connectivity index (χ4v) is 3.53. The van der Waals surface area contributed by atoms with E-state index in [1.54, 1.807) is 19.1 Å². The van der Waals surface area contributed by atoms with E-state index in [-0.39, 0.29) is 29.9 Å². The van der Waals surface area contributed by atoms with Crippen molar-refractivity contribution in [2.45, 2.75) is 38.7 Å². The van der Waals surface area contributed by atoms with Gasteiger partial charge in [0, 0.05) is 25.6 Å². The van der Waals surface area contributed by atoms with Crippen molar-refractivity contribution in [2.75, 3.05) is 38.0 Å². The summed E-state index contributed by atoms with van der Waals surface area (Å²) < 4.78 is 13.3. The molecule has 0 saturated carbocycles. The standard InChI is InChI=1S/C22H30FN5O2/c1-15(29)13-26-22(30)19-14-25-21(24-9-12-28-10-3-4-11-28)20(27-19)16(2)17-5-7-18(23)8-6-17/h5-8,14-16,29H,3-4,9-13H2,1-2H3,(H,24,25)(H,26,30). The molecule has 1 aromatic carbocycles. The third-order valence-electron chi connectivity index (χ3n) is 5.29. The number of benzene rings is 1. The summed E-state index contributed by atoms with van der Waals surface area (Å²) >= 11 is 0. The Bertz CT molecular complexity index is 838. The van der Waals surface area contributed by atoms with Crippen molar-refractivity contribution < 1.29 is 14.3 Å². The second-order valence-electron chi connectivity index (χ2n) is 7.80. The van der Waals surface area contributed by atoms with Crippen LogP contribution in [0, 0.1) is 5.82 Å². The van der Waals surface area contributed by atoms with Crippen LogP contribution in [0.15, 0.2) is 30.5 Å². The van der Waals surface area contributed by atoms with E-state index in [4.69, 9.17) is 0 Å². The van der Waals surface area contributed by atoms with Gasteiger partial charge in [0.05, 0.1) is 18.0 Å². The highest BCUT2D eigenvalue weighted by molar-refractivity contribution is 5.92. The molecule has 3 N–H and O–H groups in total. The number of hydrogen-bond acceptors (Lipinski definition) is 6. The number of aromatic nitrogens is 2.